The first-order valence-corrected chi connectivity index (χ1v) is 5.60. The van der Waals surface area contributed by atoms with Crippen molar-refractivity contribution in [3.63, 3.8) is 0 Å². The number of carboxylic acid groups (broad SMARTS) is 1. The van der Waals surface area contributed by atoms with Crippen LogP contribution in [0.1, 0.15) is 37.4 Å². The lowest BCUT2D eigenvalue weighted by atomic mass is 10.0. The number of carboxylic acids is 1. The van der Waals surface area contributed by atoms with Crippen molar-refractivity contribution in [2.24, 2.45) is 0 Å². The second kappa shape index (κ2) is 5.66. The van der Waals surface area contributed by atoms with Gasteiger partial charge >= 0.3 is 5.97 Å². The van der Waals surface area contributed by atoms with E-state index in [2.05, 4.69) is 5.32 Å². The number of aryl methyl sites for hydroxylation is 1. The van der Waals surface area contributed by atoms with E-state index in [4.69, 9.17) is 5.11 Å². The Morgan fingerprint density at radius 2 is 2.06 bits per heavy atom. The number of hydrogen-bond donors (Lipinski definition) is 2. The van der Waals surface area contributed by atoms with Crippen LogP contribution in [0.25, 0.3) is 0 Å². The summed E-state index contributed by atoms with van der Waals surface area (Å²) in [6.07, 6.45) is 0.589. The van der Waals surface area contributed by atoms with Gasteiger partial charge in [0.1, 0.15) is 6.04 Å². The van der Waals surface area contributed by atoms with Crippen LogP contribution in [-0.4, -0.2) is 17.1 Å². The second-order valence-corrected chi connectivity index (χ2v) is 4.04. The van der Waals surface area contributed by atoms with Gasteiger partial charge in [0, 0.05) is 6.04 Å². The molecule has 0 aromatic heterocycles. The van der Waals surface area contributed by atoms with Crippen LogP contribution >= 0.6 is 0 Å². The van der Waals surface area contributed by atoms with Gasteiger partial charge in [0.25, 0.3) is 0 Å². The molecule has 3 nitrogen and oxygen atoms in total. The van der Waals surface area contributed by atoms with Crippen LogP contribution in [0.2, 0.25) is 0 Å². The lowest BCUT2D eigenvalue weighted by Gasteiger charge is -2.20. The van der Waals surface area contributed by atoms with Crippen molar-refractivity contribution in [2.75, 3.05) is 0 Å². The Morgan fingerprint density at radius 1 is 1.44 bits per heavy atom. The molecule has 0 saturated carbocycles. The molecule has 3 heteroatoms. The van der Waals surface area contributed by atoms with E-state index < -0.39 is 12.0 Å². The van der Waals surface area contributed by atoms with Crippen LogP contribution in [0.4, 0.5) is 0 Å². The predicted octanol–water partition coefficient (Wildman–Crippen LogP) is 2.51. The molecular weight excluding hydrogens is 202 g/mol. The van der Waals surface area contributed by atoms with E-state index in [1.54, 1.807) is 0 Å². The molecule has 1 aromatic carbocycles. The van der Waals surface area contributed by atoms with Crippen molar-refractivity contribution in [3.05, 3.63) is 35.4 Å². The first kappa shape index (κ1) is 12.7. The van der Waals surface area contributed by atoms with Gasteiger partial charge in [-0.3, -0.25) is 10.1 Å². The molecule has 0 spiro atoms. The van der Waals surface area contributed by atoms with Crippen molar-refractivity contribution in [1.29, 1.82) is 0 Å². The number of carbonyl (C=O) groups is 1. The largest absolute Gasteiger partial charge is 0.480 e. The lowest BCUT2D eigenvalue weighted by Crippen LogP contribution is -2.37. The molecule has 2 atom stereocenters. The van der Waals surface area contributed by atoms with Crippen LogP contribution in [0, 0.1) is 6.92 Å². The number of nitrogens with one attached hydrogen (secondary N) is 1. The molecule has 0 aliphatic heterocycles. The fourth-order valence-corrected chi connectivity index (χ4v) is 1.83. The fourth-order valence-electron chi connectivity index (χ4n) is 1.83. The third-order valence-electron chi connectivity index (χ3n) is 2.81. The number of aliphatic carboxylic acids is 1. The standard InChI is InChI=1S/C13H19NO2/c1-4-12(13(15)16)14-10(3)11-8-6-5-7-9(11)2/h5-8,10,12,14H,4H2,1-3H3,(H,15,16)/t10-,12?/m0/s1. The average Bonchev–Trinajstić information content (AvgIpc) is 2.25. The molecule has 0 radical (unpaired) electrons. The number of benzene rings is 1. The Bertz CT molecular complexity index is 363. The van der Waals surface area contributed by atoms with Gasteiger partial charge in [0.2, 0.25) is 0 Å². The fraction of sp³-hybridized carbons (Fsp3) is 0.462. The van der Waals surface area contributed by atoms with Crippen molar-refractivity contribution in [3.8, 4) is 0 Å². The molecule has 0 saturated heterocycles. The van der Waals surface area contributed by atoms with E-state index in [1.165, 1.54) is 5.56 Å². The first-order valence-electron chi connectivity index (χ1n) is 5.60. The Balaban J connectivity index is 2.75. The van der Waals surface area contributed by atoms with Crippen molar-refractivity contribution in [2.45, 2.75) is 39.3 Å². The van der Waals surface area contributed by atoms with E-state index >= 15 is 0 Å². The minimum absolute atomic E-state index is 0.0576. The van der Waals surface area contributed by atoms with Gasteiger partial charge in [-0.2, -0.15) is 0 Å². The lowest BCUT2D eigenvalue weighted by molar-refractivity contribution is -0.139. The molecule has 1 aromatic rings. The molecular formula is C13H19NO2. The summed E-state index contributed by atoms with van der Waals surface area (Å²) >= 11 is 0. The van der Waals surface area contributed by atoms with Crippen molar-refractivity contribution >= 4 is 5.97 Å². The van der Waals surface area contributed by atoms with Crippen molar-refractivity contribution < 1.29 is 9.90 Å². The number of hydrogen-bond acceptors (Lipinski definition) is 2. The highest BCUT2D eigenvalue weighted by Gasteiger charge is 2.18. The summed E-state index contributed by atoms with van der Waals surface area (Å²) in [5.74, 6) is -0.789. The minimum atomic E-state index is -0.789. The molecule has 0 heterocycles. The van der Waals surface area contributed by atoms with E-state index in [0.717, 1.165) is 5.56 Å². The first-order chi connectivity index (χ1) is 7.56. The maximum absolute atomic E-state index is 10.9. The van der Waals surface area contributed by atoms with Gasteiger partial charge in [-0.15, -0.1) is 0 Å². The zero-order chi connectivity index (χ0) is 12.1. The third kappa shape index (κ3) is 3.07. The maximum atomic E-state index is 10.9. The molecule has 16 heavy (non-hydrogen) atoms. The van der Waals surface area contributed by atoms with Gasteiger partial charge in [-0.25, -0.2) is 0 Å². The number of rotatable bonds is 5. The zero-order valence-corrected chi connectivity index (χ0v) is 10.0. The van der Waals surface area contributed by atoms with E-state index in [-0.39, 0.29) is 6.04 Å². The molecule has 0 fully saturated rings. The summed E-state index contributed by atoms with van der Waals surface area (Å²) in [7, 11) is 0. The molecule has 0 amide bonds. The third-order valence-corrected chi connectivity index (χ3v) is 2.81. The molecule has 0 aliphatic carbocycles. The van der Waals surface area contributed by atoms with Gasteiger partial charge in [-0.1, -0.05) is 31.2 Å². The maximum Gasteiger partial charge on any atom is 0.320 e. The molecule has 1 rings (SSSR count). The van der Waals surface area contributed by atoms with Crippen LogP contribution in [-0.2, 0) is 4.79 Å². The summed E-state index contributed by atoms with van der Waals surface area (Å²) in [6.45, 7) is 5.90. The second-order valence-electron chi connectivity index (χ2n) is 4.04. The average molecular weight is 221 g/mol. The minimum Gasteiger partial charge on any atom is -0.480 e. The smallest absolute Gasteiger partial charge is 0.320 e. The highest BCUT2D eigenvalue weighted by molar-refractivity contribution is 5.73. The highest BCUT2D eigenvalue weighted by Crippen LogP contribution is 2.17. The van der Waals surface area contributed by atoms with Crippen LogP contribution in [0.5, 0.6) is 0 Å². The van der Waals surface area contributed by atoms with Gasteiger partial charge in [-0.05, 0) is 31.4 Å². The van der Waals surface area contributed by atoms with Crippen molar-refractivity contribution in [1.82, 2.24) is 5.32 Å². The molecule has 0 aliphatic rings. The van der Waals surface area contributed by atoms with E-state index in [0.29, 0.717) is 6.42 Å². The Hall–Kier alpha value is -1.35. The molecule has 2 N–H and O–H groups in total. The summed E-state index contributed by atoms with van der Waals surface area (Å²) in [4.78, 5) is 10.9. The quantitative estimate of drug-likeness (QED) is 0.803. The Kier molecular flexibility index (Phi) is 4.50. The molecule has 0 bridgehead atoms. The normalized spacial score (nSPS) is 14.4. The van der Waals surface area contributed by atoms with Crippen LogP contribution in [0.3, 0.4) is 0 Å². The van der Waals surface area contributed by atoms with Gasteiger partial charge < -0.3 is 5.11 Å². The van der Waals surface area contributed by atoms with Crippen LogP contribution < -0.4 is 5.32 Å². The van der Waals surface area contributed by atoms with E-state index in [1.807, 2.05) is 45.0 Å². The highest BCUT2D eigenvalue weighted by atomic mass is 16.4. The Labute approximate surface area is 96.5 Å². The topological polar surface area (TPSA) is 49.3 Å². The predicted molar refractivity (Wildman–Crippen MR) is 64.4 cm³/mol. The SMILES string of the molecule is CCC(N[C@@H](C)c1ccccc1C)C(=O)O. The summed E-state index contributed by atoms with van der Waals surface area (Å²) in [5.41, 5.74) is 2.34. The molecule has 88 valence electrons. The summed E-state index contributed by atoms with van der Waals surface area (Å²) < 4.78 is 0. The van der Waals surface area contributed by atoms with Gasteiger partial charge in [0.05, 0.1) is 0 Å². The summed E-state index contributed by atoms with van der Waals surface area (Å²) in [6, 6.07) is 7.61. The summed E-state index contributed by atoms with van der Waals surface area (Å²) in [5, 5.41) is 12.1. The Morgan fingerprint density at radius 3 is 2.56 bits per heavy atom. The van der Waals surface area contributed by atoms with Gasteiger partial charge in [0.15, 0.2) is 0 Å². The molecule has 1 unspecified atom stereocenters. The zero-order valence-electron chi connectivity index (χ0n) is 10.0. The van der Waals surface area contributed by atoms with Crippen LogP contribution in [0.15, 0.2) is 24.3 Å². The monoisotopic (exact) mass is 221 g/mol. The van der Waals surface area contributed by atoms with E-state index in [9.17, 15) is 4.79 Å².